The zero-order chi connectivity index (χ0) is 39.8. The van der Waals surface area contributed by atoms with E-state index < -0.39 is 5.41 Å². The number of anilines is 3. The van der Waals surface area contributed by atoms with Crippen LogP contribution in [-0.2, 0) is 5.41 Å². The molecule has 9 aromatic rings. The molecule has 0 unspecified atom stereocenters. The standard InChI is InChI=1S/C55H37NO.C2H6/c1-4-17-38(18-5-1)39-31-33-42(34-32-39)56(43-35-36-44(40-19-6-2-7-20-40)46(37-43)41-21-8-3-9-22-41)51-28-16-27-50-54(51)45-23-10-11-24-47(45)55(50)48-25-12-14-29-52(48)57-53-30-15-13-26-49(53)55;1-2/h1-37H;1-2H3. The smallest absolute Gasteiger partial charge is 0.132 e. The van der Waals surface area contributed by atoms with E-state index in [1.165, 1.54) is 55.6 Å². The van der Waals surface area contributed by atoms with Crippen molar-refractivity contribution in [2.45, 2.75) is 19.3 Å². The summed E-state index contributed by atoms with van der Waals surface area (Å²) >= 11 is 0. The normalized spacial score (nSPS) is 12.5. The summed E-state index contributed by atoms with van der Waals surface area (Å²) in [6.45, 7) is 4.00. The molecule has 1 heterocycles. The summed E-state index contributed by atoms with van der Waals surface area (Å²) in [6, 6.07) is 81.1. The largest absolute Gasteiger partial charge is 0.457 e. The Bertz CT molecular complexity index is 2870. The SMILES string of the molecule is CC.c1ccc(-c2ccc(N(c3ccc(-c4ccccc4)c(-c4ccccc4)c3)c3cccc4c3-c3ccccc3C43c4ccccc4Oc4ccccc43)cc2)cc1. The predicted molar refractivity (Wildman–Crippen MR) is 246 cm³/mol. The number of para-hydroxylation sites is 2. The van der Waals surface area contributed by atoms with Crippen molar-refractivity contribution in [1.29, 1.82) is 0 Å². The van der Waals surface area contributed by atoms with Gasteiger partial charge in [0.2, 0.25) is 0 Å². The maximum atomic E-state index is 6.65. The van der Waals surface area contributed by atoms with E-state index in [2.05, 4.69) is 229 Å². The topological polar surface area (TPSA) is 12.5 Å². The van der Waals surface area contributed by atoms with Crippen LogP contribution in [0.5, 0.6) is 11.5 Å². The van der Waals surface area contributed by atoms with Gasteiger partial charge in [-0.3, -0.25) is 0 Å². The fraction of sp³-hybridized carbons (Fsp3) is 0.0526. The van der Waals surface area contributed by atoms with Crippen molar-refractivity contribution in [3.05, 3.63) is 247 Å². The maximum Gasteiger partial charge on any atom is 0.132 e. The Morgan fingerprint density at radius 2 is 0.814 bits per heavy atom. The van der Waals surface area contributed by atoms with Crippen molar-refractivity contribution in [1.82, 2.24) is 0 Å². The van der Waals surface area contributed by atoms with E-state index >= 15 is 0 Å². The third-order valence-corrected chi connectivity index (χ3v) is 11.8. The van der Waals surface area contributed by atoms with Gasteiger partial charge in [0.15, 0.2) is 0 Å². The van der Waals surface area contributed by atoms with Crippen LogP contribution in [-0.4, -0.2) is 0 Å². The zero-order valence-corrected chi connectivity index (χ0v) is 33.2. The van der Waals surface area contributed by atoms with Crippen molar-refractivity contribution in [2.24, 2.45) is 0 Å². The first-order valence-corrected chi connectivity index (χ1v) is 20.6. The molecule has 0 saturated carbocycles. The summed E-state index contributed by atoms with van der Waals surface area (Å²) in [5, 5.41) is 0. The minimum Gasteiger partial charge on any atom is -0.457 e. The molecule has 282 valence electrons. The van der Waals surface area contributed by atoms with E-state index in [1.807, 2.05) is 13.8 Å². The highest BCUT2D eigenvalue weighted by molar-refractivity contribution is 5.99. The first-order chi connectivity index (χ1) is 29.3. The van der Waals surface area contributed by atoms with Crippen molar-refractivity contribution in [2.75, 3.05) is 4.90 Å². The Morgan fingerprint density at radius 1 is 0.339 bits per heavy atom. The minimum atomic E-state index is -0.567. The van der Waals surface area contributed by atoms with Crippen molar-refractivity contribution >= 4 is 17.1 Å². The summed E-state index contributed by atoms with van der Waals surface area (Å²) in [4.78, 5) is 2.46. The van der Waals surface area contributed by atoms with Gasteiger partial charge in [0.1, 0.15) is 11.5 Å². The highest BCUT2D eigenvalue weighted by Crippen LogP contribution is 2.64. The molecular formula is C57H43NO. The average Bonchev–Trinajstić information content (AvgIpc) is 3.62. The first-order valence-electron chi connectivity index (χ1n) is 20.6. The van der Waals surface area contributed by atoms with Gasteiger partial charge < -0.3 is 9.64 Å². The molecule has 2 nitrogen and oxygen atoms in total. The van der Waals surface area contributed by atoms with Gasteiger partial charge in [0.05, 0.1) is 11.1 Å². The molecule has 59 heavy (non-hydrogen) atoms. The van der Waals surface area contributed by atoms with Crippen LogP contribution >= 0.6 is 0 Å². The van der Waals surface area contributed by atoms with Crippen LogP contribution in [0.25, 0.3) is 44.5 Å². The third kappa shape index (κ3) is 5.87. The molecule has 0 fully saturated rings. The number of hydrogen-bond acceptors (Lipinski definition) is 2. The molecule has 0 N–H and O–H groups in total. The molecule has 9 aromatic carbocycles. The Labute approximate surface area is 347 Å². The molecule has 0 saturated heterocycles. The summed E-state index contributed by atoms with van der Waals surface area (Å²) < 4.78 is 6.65. The van der Waals surface area contributed by atoms with E-state index in [9.17, 15) is 0 Å². The molecule has 11 rings (SSSR count). The molecule has 0 amide bonds. The molecule has 0 bridgehead atoms. The number of nitrogens with zero attached hydrogens (tertiary/aromatic N) is 1. The summed E-state index contributed by atoms with van der Waals surface area (Å²) in [5.41, 5.74) is 17.1. The molecule has 2 heteroatoms. The van der Waals surface area contributed by atoms with Crippen LogP contribution in [0.3, 0.4) is 0 Å². The maximum absolute atomic E-state index is 6.65. The van der Waals surface area contributed by atoms with Gasteiger partial charge in [0, 0.05) is 28.1 Å². The Morgan fingerprint density at radius 3 is 1.44 bits per heavy atom. The number of rotatable bonds is 6. The Balaban J connectivity index is 0.00000207. The van der Waals surface area contributed by atoms with Gasteiger partial charge in [-0.05, 0) is 92.5 Å². The minimum absolute atomic E-state index is 0.567. The van der Waals surface area contributed by atoms with Crippen molar-refractivity contribution < 1.29 is 4.74 Å². The molecule has 0 aromatic heterocycles. The number of hydrogen-bond donors (Lipinski definition) is 0. The fourth-order valence-corrected chi connectivity index (χ4v) is 9.33. The van der Waals surface area contributed by atoms with Crippen LogP contribution in [0.15, 0.2) is 224 Å². The molecule has 1 aliphatic carbocycles. The van der Waals surface area contributed by atoms with Crippen LogP contribution in [0.2, 0.25) is 0 Å². The first kappa shape index (κ1) is 36.0. The Kier molecular flexibility index (Phi) is 9.24. The summed E-state index contributed by atoms with van der Waals surface area (Å²) in [6.07, 6.45) is 0. The lowest BCUT2D eigenvalue weighted by atomic mass is 9.66. The molecule has 0 atom stereocenters. The monoisotopic (exact) mass is 757 g/mol. The van der Waals surface area contributed by atoms with Gasteiger partial charge >= 0.3 is 0 Å². The Hall–Kier alpha value is -7.42. The lowest BCUT2D eigenvalue weighted by molar-refractivity contribution is 0.436. The highest BCUT2D eigenvalue weighted by atomic mass is 16.5. The van der Waals surface area contributed by atoms with Crippen molar-refractivity contribution in [3.63, 3.8) is 0 Å². The van der Waals surface area contributed by atoms with Gasteiger partial charge in [-0.25, -0.2) is 0 Å². The predicted octanol–water partition coefficient (Wildman–Crippen LogP) is 15.7. The lowest BCUT2D eigenvalue weighted by Gasteiger charge is -2.39. The van der Waals surface area contributed by atoms with E-state index in [0.29, 0.717) is 0 Å². The second-order valence-corrected chi connectivity index (χ2v) is 14.8. The van der Waals surface area contributed by atoms with Crippen LogP contribution in [0, 0.1) is 0 Å². The quantitative estimate of drug-likeness (QED) is 0.167. The van der Waals surface area contributed by atoms with Gasteiger partial charge in [0.25, 0.3) is 0 Å². The van der Waals surface area contributed by atoms with Gasteiger partial charge in [-0.2, -0.15) is 0 Å². The number of ether oxygens (including phenoxy) is 1. The highest BCUT2D eigenvalue weighted by Gasteiger charge is 2.51. The van der Waals surface area contributed by atoms with Gasteiger partial charge in [-0.15, -0.1) is 0 Å². The second kappa shape index (κ2) is 15.2. The van der Waals surface area contributed by atoms with E-state index in [1.54, 1.807) is 0 Å². The number of benzene rings is 9. The van der Waals surface area contributed by atoms with Crippen molar-refractivity contribution in [3.8, 4) is 56.0 Å². The average molecular weight is 758 g/mol. The molecule has 0 radical (unpaired) electrons. The number of fused-ring (bicyclic) bond motifs is 9. The lowest BCUT2D eigenvalue weighted by Crippen LogP contribution is -2.32. The summed E-state index contributed by atoms with van der Waals surface area (Å²) in [7, 11) is 0. The van der Waals surface area contributed by atoms with Crippen LogP contribution in [0.1, 0.15) is 36.1 Å². The molecule has 1 aliphatic heterocycles. The summed E-state index contributed by atoms with van der Waals surface area (Å²) in [5.74, 6) is 1.78. The molecule has 1 spiro atoms. The van der Waals surface area contributed by atoms with E-state index in [4.69, 9.17) is 4.74 Å². The van der Waals surface area contributed by atoms with Crippen LogP contribution < -0.4 is 9.64 Å². The van der Waals surface area contributed by atoms with E-state index in [-0.39, 0.29) is 0 Å². The molecular weight excluding hydrogens is 715 g/mol. The van der Waals surface area contributed by atoms with Crippen LogP contribution in [0.4, 0.5) is 17.1 Å². The second-order valence-electron chi connectivity index (χ2n) is 14.8. The molecule has 2 aliphatic rings. The fourth-order valence-electron chi connectivity index (χ4n) is 9.33. The zero-order valence-electron chi connectivity index (χ0n) is 33.2. The third-order valence-electron chi connectivity index (χ3n) is 11.8. The van der Waals surface area contributed by atoms with Gasteiger partial charge in [-0.1, -0.05) is 196 Å². The van der Waals surface area contributed by atoms with E-state index in [0.717, 1.165) is 39.7 Å².